The minimum absolute atomic E-state index is 0.221. The van der Waals surface area contributed by atoms with Crippen LogP contribution >= 0.6 is 0 Å². The normalized spacial score (nSPS) is 35.3. The van der Waals surface area contributed by atoms with Crippen LogP contribution in [-0.2, 0) is 9.47 Å². The maximum absolute atomic E-state index is 5.94. The van der Waals surface area contributed by atoms with E-state index in [1.807, 2.05) is 0 Å². The Morgan fingerprint density at radius 3 is 2.69 bits per heavy atom. The molecule has 1 saturated heterocycles. The van der Waals surface area contributed by atoms with Crippen LogP contribution in [0, 0.1) is 5.92 Å². The Hall–Kier alpha value is -0.380. The molecule has 94 valence electrons. The van der Waals surface area contributed by atoms with Gasteiger partial charge in [-0.1, -0.05) is 13.0 Å². The van der Waals surface area contributed by atoms with Gasteiger partial charge in [-0.05, 0) is 33.4 Å². The Morgan fingerprint density at radius 1 is 1.44 bits per heavy atom. The predicted octanol–water partition coefficient (Wildman–Crippen LogP) is 1.93. The fraction of sp³-hybridized carbons (Fsp3) is 0.846. The highest BCUT2D eigenvalue weighted by Gasteiger charge is 2.34. The molecule has 4 atom stereocenters. The topological polar surface area (TPSA) is 21.7 Å². The maximum Gasteiger partial charge on any atom is 0.0827 e. The van der Waals surface area contributed by atoms with Crippen molar-refractivity contribution in [2.75, 3.05) is 27.3 Å². The van der Waals surface area contributed by atoms with Gasteiger partial charge >= 0.3 is 0 Å². The highest BCUT2D eigenvalue weighted by Crippen LogP contribution is 2.27. The molecule has 0 radical (unpaired) electrons. The van der Waals surface area contributed by atoms with Crippen LogP contribution in [0.4, 0.5) is 0 Å². The highest BCUT2D eigenvalue weighted by atomic mass is 16.5. The second-order valence-electron chi connectivity index (χ2n) is 4.92. The van der Waals surface area contributed by atoms with Crippen LogP contribution < -0.4 is 0 Å². The van der Waals surface area contributed by atoms with Gasteiger partial charge in [0.2, 0.25) is 0 Å². The van der Waals surface area contributed by atoms with Gasteiger partial charge in [-0.15, -0.1) is 6.58 Å². The van der Waals surface area contributed by atoms with E-state index in [4.69, 9.17) is 9.47 Å². The molecule has 1 fully saturated rings. The molecule has 3 unspecified atom stereocenters. The summed E-state index contributed by atoms with van der Waals surface area (Å²) in [4.78, 5) is 2.30. The zero-order valence-corrected chi connectivity index (χ0v) is 11.0. The first kappa shape index (κ1) is 13.7. The Labute approximate surface area is 99.4 Å². The molecule has 1 heterocycles. The van der Waals surface area contributed by atoms with Gasteiger partial charge in [0.25, 0.3) is 0 Å². The first-order valence-corrected chi connectivity index (χ1v) is 6.06. The third-order valence-electron chi connectivity index (χ3n) is 3.46. The summed E-state index contributed by atoms with van der Waals surface area (Å²) < 4.78 is 11.4. The molecule has 1 rings (SSSR count). The van der Waals surface area contributed by atoms with Crippen LogP contribution in [0.5, 0.6) is 0 Å². The van der Waals surface area contributed by atoms with E-state index in [0.717, 1.165) is 6.42 Å². The summed E-state index contributed by atoms with van der Waals surface area (Å²) in [6, 6.07) is 0.584. The van der Waals surface area contributed by atoms with Gasteiger partial charge in [-0.3, -0.25) is 0 Å². The Kier molecular flexibility index (Phi) is 5.46. The van der Waals surface area contributed by atoms with Crippen molar-refractivity contribution in [2.24, 2.45) is 5.92 Å². The van der Waals surface area contributed by atoms with Crippen LogP contribution in [-0.4, -0.2) is 50.5 Å². The first-order valence-electron chi connectivity index (χ1n) is 6.06. The van der Waals surface area contributed by atoms with Crippen molar-refractivity contribution < 1.29 is 9.47 Å². The average Bonchev–Trinajstić information content (AvgIpc) is 2.23. The molecule has 0 amide bonds. The van der Waals surface area contributed by atoms with Gasteiger partial charge in [0.15, 0.2) is 0 Å². The monoisotopic (exact) mass is 227 g/mol. The molecule has 0 N–H and O–H groups in total. The molecule has 0 saturated carbocycles. The zero-order valence-electron chi connectivity index (χ0n) is 11.0. The number of hydrogen-bond acceptors (Lipinski definition) is 3. The SMILES string of the molecule is C=CCOCC1CC(N(C)C)C(C)[C@H](C)O1. The number of ether oxygens (including phenoxy) is 2. The standard InChI is InChI=1S/C13H25NO2/c1-6-7-15-9-12-8-13(14(4)5)10(2)11(3)16-12/h6,10-13H,1,7-9H2,2-5H3/t10?,11-,12?,13?/m0/s1. The summed E-state index contributed by atoms with van der Waals surface area (Å²) >= 11 is 0. The van der Waals surface area contributed by atoms with Gasteiger partial charge in [-0.2, -0.15) is 0 Å². The largest absolute Gasteiger partial charge is 0.375 e. The highest BCUT2D eigenvalue weighted by molar-refractivity contribution is 4.86. The minimum atomic E-state index is 0.221. The van der Waals surface area contributed by atoms with Crippen molar-refractivity contribution in [2.45, 2.75) is 38.5 Å². The van der Waals surface area contributed by atoms with E-state index in [-0.39, 0.29) is 6.10 Å². The maximum atomic E-state index is 5.94. The molecule has 0 spiro atoms. The van der Waals surface area contributed by atoms with Gasteiger partial charge in [0, 0.05) is 6.04 Å². The van der Waals surface area contributed by atoms with Crippen LogP contribution in [0.3, 0.4) is 0 Å². The van der Waals surface area contributed by atoms with E-state index >= 15 is 0 Å². The second kappa shape index (κ2) is 6.38. The van der Waals surface area contributed by atoms with Crippen molar-refractivity contribution in [3.8, 4) is 0 Å². The lowest BCUT2D eigenvalue weighted by Crippen LogP contribution is -2.49. The fourth-order valence-corrected chi connectivity index (χ4v) is 2.35. The molecule has 16 heavy (non-hydrogen) atoms. The van der Waals surface area contributed by atoms with Crippen molar-refractivity contribution in [3.05, 3.63) is 12.7 Å². The lowest BCUT2D eigenvalue weighted by atomic mass is 9.88. The molecule has 0 bridgehead atoms. The number of nitrogens with zero attached hydrogens (tertiary/aromatic N) is 1. The second-order valence-corrected chi connectivity index (χ2v) is 4.92. The number of hydrogen-bond donors (Lipinski definition) is 0. The van der Waals surface area contributed by atoms with E-state index in [0.29, 0.717) is 31.3 Å². The Balaban J connectivity index is 2.46. The Bertz CT molecular complexity index is 218. The van der Waals surface area contributed by atoms with Crippen molar-refractivity contribution in [3.63, 3.8) is 0 Å². The van der Waals surface area contributed by atoms with E-state index in [2.05, 4.69) is 39.4 Å². The molecule has 0 aromatic heterocycles. The molecular formula is C13H25NO2. The molecular weight excluding hydrogens is 202 g/mol. The lowest BCUT2D eigenvalue weighted by molar-refractivity contribution is -0.123. The number of rotatable bonds is 5. The van der Waals surface area contributed by atoms with Crippen LogP contribution in [0.1, 0.15) is 20.3 Å². The fourth-order valence-electron chi connectivity index (χ4n) is 2.35. The van der Waals surface area contributed by atoms with Gasteiger partial charge in [-0.25, -0.2) is 0 Å². The van der Waals surface area contributed by atoms with Gasteiger partial charge in [0.05, 0.1) is 25.4 Å². The third-order valence-corrected chi connectivity index (χ3v) is 3.46. The van der Waals surface area contributed by atoms with Crippen LogP contribution in [0.15, 0.2) is 12.7 Å². The van der Waals surface area contributed by atoms with Crippen molar-refractivity contribution in [1.29, 1.82) is 0 Å². The average molecular weight is 227 g/mol. The van der Waals surface area contributed by atoms with Crippen molar-refractivity contribution >= 4 is 0 Å². The predicted molar refractivity (Wildman–Crippen MR) is 66.6 cm³/mol. The first-order chi connectivity index (χ1) is 7.56. The molecule has 3 heteroatoms. The van der Waals surface area contributed by atoms with Crippen molar-refractivity contribution in [1.82, 2.24) is 4.90 Å². The Morgan fingerprint density at radius 2 is 2.12 bits per heavy atom. The summed E-state index contributed by atoms with van der Waals surface area (Å²) in [5.74, 6) is 0.575. The van der Waals surface area contributed by atoms with E-state index in [1.54, 1.807) is 6.08 Å². The summed E-state index contributed by atoms with van der Waals surface area (Å²) in [5, 5.41) is 0. The third kappa shape index (κ3) is 3.58. The molecule has 0 aromatic rings. The minimum Gasteiger partial charge on any atom is -0.375 e. The van der Waals surface area contributed by atoms with E-state index < -0.39 is 0 Å². The molecule has 3 nitrogen and oxygen atoms in total. The van der Waals surface area contributed by atoms with Gasteiger partial charge in [0.1, 0.15) is 0 Å². The smallest absolute Gasteiger partial charge is 0.0827 e. The molecule has 1 aliphatic heterocycles. The van der Waals surface area contributed by atoms with E-state index in [1.165, 1.54) is 0 Å². The van der Waals surface area contributed by atoms with Crippen LogP contribution in [0.2, 0.25) is 0 Å². The molecule has 1 aliphatic rings. The molecule has 0 aliphatic carbocycles. The lowest BCUT2D eigenvalue weighted by Gasteiger charge is -2.42. The quantitative estimate of drug-likeness (QED) is 0.529. The van der Waals surface area contributed by atoms with E-state index in [9.17, 15) is 0 Å². The molecule has 0 aromatic carbocycles. The summed E-state index contributed by atoms with van der Waals surface area (Å²) in [7, 11) is 4.28. The summed E-state index contributed by atoms with van der Waals surface area (Å²) in [6.45, 7) is 9.33. The zero-order chi connectivity index (χ0) is 12.1. The summed E-state index contributed by atoms with van der Waals surface area (Å²) in [6.07, 6.45) is 3.35. The van der Waals surface area contributed by atoms with Crippen LogP contribution in [0.25, 0.3) is 0 Å². The van der Waals surface area contributed by atoms with Gasteiger partial charge < -0.3 is 14.4 Å². The summed E-state index contributed by atoms with van der Waals surface area (Å²) in [5.41, 5.74) is 0.